The zero-order chi connectivity index (χ0) is 22.9. The molecule has 166 valence electrons. The number of halogens is 1. The van der Waals surface area contributed by atoms with Crippen molar-refractivity contribution >= 4 is 33.2 Å². The van der Waals surface area contributed by atoms with Crippen LogP contribution in [0.5, 0.6) is 0 Å². The predicted molar refractivity (Wildman–Crippen MR) is 128 cm³/mol. The summed E-state index contributed by atoms with van der Waals surface area (Å²) in [6, 6.07) is 19.7. The summed E-state index contributed by atoms with van der Waals surface area (Å²) in [5, 5.41) is 3.00. The second-order valence-corrected chi connectivity index (χ2v) is 10.6. The van der Waals surface area contributed by atoms with Gasteiger partial charge in [-0.1, -0.05) is 61.8 Å². The number of benzene rings is 3. The minimum atomic E-state index is -3.77. The van der Waals surface area contributed by atoms with Crippen LogP contribution in [0.1, 0.15) is 46.8 Å². The standard InChI is InChI=1S/C25H25ClN2O3S/c1-17(2)18-7-9-21(10-8-18)27-25(29)23-15-22(11-12-24(23)26)32(30,31)28-14-13-19-5-3-4-6-20(19)16-28/h3-12,15,17H,13-14,16H2,1-2H3,(H,27,29). The summed E-state index contributed by atoms with van der Waals surface area (Å²) in [6.45, 7) is 4.90. The number of hydrogen-bond donors (Lipinski definition) is 1. The maximum atomic E-state index is 13.3. The van der Waals surface area contributed by atoms with Crippen LogP contribution in [0.3, 0.4) is 0 Å². The SMILES string of the molecule is CC(C)c1ccc(NC(=O)c2cc(S(=O)(=O)N3CCc4ccccc4C3)ccc2Cl)cc1. The Labute approximate surface area is 194 Å². The molecule has 3 aromatic rings. The van der Waals surface area contributed by atoms with Crippen LogP contribution in [0.15, 0.2) is 71.6 Å². The molecule has 0 fully saturated rings. The van der Waals surface area contributed by atoms with Crippen molar-refractivity contribution in [2.45, 2.75) is 37.6 Å². The van der Waals surface area contributed by atoms with E-state index in [2.05, 4.69) is 19.2 Å². The third-order valence-corrected chi connectivity index (χ3v) is 7.92. The van der Waals surface area contributed by atoms with E-state index in [4.69, 9.17) is 11.6 Å². The molecule has 0 bridgehead atoms. The van der Waals surface area contributed by atoms with Crippen LogP contribution in [0, 0.1) is 0 Å². The first-order chi connectivity index (χ1) is 15.3. The normalized spacial score (nSPS) is 14.2. The number of carbonyl (C=O) groups is 1. The van der Waals surface area contributed by atoms with Crippen molar-refractivity contribution in [1.82, 2.24) is 4.31 Å². The average molecular weight is 469 g/mol. The van der Waals surface area contributed by atoms with Gasteiger partial charge in [0.1, 0.15) is 0 Å². The van der Waals surface area contributed by atoms with Gasteiger partial charge in [0.25, 0.3) is 5.91 Å². The summed E-state index contributed by atoms with van der Waals surface area (Å²) in [5.74, 6) is -0.0637. The molecular weight excluding hydrogens is 444 g/mol. The predicted octanol–water partition coefficient (Wildman–Crippen LogP) is 5.46. The van der Waals surface area contributed by atoms with Gasteiger partial charge in [-0.05, 0) is 59.4 Å². The fourth-order valence-electron chi connectivity index (χ4n) is 3.81. The molecule has 0 aromatic heterocycles. The zero-order valence-corrected chi connectivity index (χ0v) is 19.6. The largest absolute Gasteiger partial charge is 0.322 e. The number of fused-ring (bicyclic) bond motifs is 1. The van der Waals surface area contributed by atoms with Gasteiger partial charge in [0.15, 0.2) is 0 Å². The minimum Gasteiger partial charge on any atom is -0.322 e. The van der Waals surface area contributed by atoms with Crippen LogP contribution in [-0.2, 0) is 23.0 Å². The molecule has 0 spiro atoms. The van der Waals surface area contributed by atoms with Gasteiger partial charge in [-0.15, -0.1) is 0 Å². The lowest BCUT2D eigenvalue weighted by Crippen LogP contribution is -2.36. The van der Waals surface area contributed by atoms with Gasteiger partial charge in [0.2, 0.25) is 10.0 Å². The van der Waals surface area contributed by atoms with Gasteiger partial charge in [0.05, 0.1) is 15.5 Å². The van der Waals surface area contributed by atoms with Crippen molar-refractivity contribution in [3.63, 3.8) is 0 Å². The Bertz CT molecular complexity index is 1250. The molecule has 32 heavy (non-hydrogen) atoms. The lowest BCUT2D eigenvalue weighted by Gasteiger charge is -2.28. The molecule has 1 heterocycles. The van der Waals surface area contributed by atoms with Crippen LogP contribution < -0.4 is 5.32 Å². The van der Waals surface area contributed by atoms with Crippen molar-refractivity contribution in [3.05, 3.63) is 94.0 Å². The number of amides is 1. The number of nitrogens with one attached hydrogen (secondary N) is 1. The lowest BCUT2D eigenvalue weighted by atomic mass is 10.0. The van der Waals surface area contributed by atoms with E-state index in [-0.39, 0.29) is 15.5 Å². The Morgan fingerprint density at radius 1 is 1.00 bits per heavy atom. The Kier molecular flexibility index (Phi) is 6.38. The maximum Gasteiger partial charge on any atom is 0.257 e. The molecule has 0 saturated heterocycles. The molecule has 3 aromatic carbocycles. The molecule has 1 amide bonds. The summed E-state index contributed by atoms with van der Waals surface area (Å²) in [6.07, 6.45) is 0.655. The van der Waals surface area contributed by atoms with Crippen LogP contribution in [0.2, 0.25) is 5.02 Å². The minimum absolute atomic E-state index is 0.0570. The van der Waals surface area contributed by atoms with Crippen molar-refractivity contribution in [3.8, 4) is 0 Å². The quantitative estimate of drug-likeness (QED) is 0.540. The van der Waals surface area contributed by atoms with E-state index in [1.807, 2.05) is 48.5 Å². The number of anilines is 1. The highest BCUT2D eigenvalue weighted by atomic mass is 35.5. The third kappa shape index (κ3) is 4.58. The first-order valence-corrected chi connectivity index (χ1v) is 12.4. The summed E-state index contributed by atoms with van der Waals surface area (Å²) in [5.41, 5.74) is 4.07. The Morgan fingerprint density at radius 3 is 2.38 bits per heavy atom. The van der Waals surface area contributed by atoms with E-state index in [0.717, 1.165) is 11.1 Å². The summed E-state index contributed by atoms with van der Waals surface area (Å²) >= 11 is 6.26. The molecule has 1 N–H and O–H groups in total. The molecule has 0 atom stereocenters. The molecule has 1 aliphatic rings. The molecule has 5 nitrogen and oxygen atoms in total. The monoisotopic (exact) mass is 468 g/mol. The fraction of sp³-hybridized carbons (Fsp3) is 0.240. The zero-order valence-electron chi connectivity index (χ0n) is 18.0. The highest BCUT2D eigenvalue weighted by Gasteiger charge is 2.29. The molecule has 0 saturated carbocycles. The van der Waals surface area contributed by atoms with Crippen molar-refractivity contribution in [2.24, 2.45) is 0 Å². The molecule has 1 aliphatic heterocycles. The van der Waals surface area contributed by atoms with Crippen LogP contribution in [0.4, 0.5) is 5.69 Å². The third-order valence-electron chi connectivity index (χ3n) is 5.75. The van der Waals surface area contributed by atoms with Gasteiger partial charge in [-0.25, -0.2) is 8.42 Å². The highest BCUT2D eigenvalue weighted by molar-refractivity contribution is 7.89. The number of nitrogens with zero attached hydrogens (tertiary/aromatic N) is 1. The lowest BCUT2D eigenvalue weighted by molar-refractivity contribution is 0.102. The Morgan fingerprint density at radius 2 is 1.69 bits per heavy atom. The average Bonchev–Trinajstić information content (AvgIpc) is 2.79. The van der Waals surface area contributed by atoms with Gasteiger partial charge in [-0.3, -0.25) is 4.79 Å². The second kappa shape index (κ2) is 9.06. The highest BCUT2D eigenvalue weighted by Crippen LogP contribution is 2.28. The van der Waals surface area contributed by atoms with Crippen molar-refractivity contribution in [1.29, 1.82) is 0 Å². The molecule has 0 radical (unpaired) electrons. The number of sulfonamides is 1. The Balaban J connectivity index is 1.57. The summed E-state index contributed by atoms with van der Waals surface area (Å²) < 4.78 is 28.0. The van der Waals surface area contributed by atoms with E-state index in [1.54, 1.807) is 0 Å². The van der Waals surface area contributed by atoms with E-state index in [1.165, 1.54) is 28.1 Å². The number of hydrogen-bond acceptors (Lipinski definition) is 3. The number of carbonyl (C=O) groups excluding carboxylic acids is 1. The topological polar surface area (TPSA) is 66.5 Å². The van der Waals surface area contributed by atoms with Gasteiger partial charge in [0, 0.05) is 18.8 Å². The van der Waals surface area contributed by atoms with Crippen LogP contribution >= 0.6 is 11.6 Å². The first-order valence-electron chi connectivity index (χ1n) is 10.5. The molecule has 7 heteroatoms. The van der Waals surface area contributed by atoms with E-state index < -0.39 is 15.9 Å². The van der Waals surface area contributed by atoms with E-state index in [9.17, 15) is 13.2 Å². The summed E-state index contributed by atoms with van der Waals surface area (Å²) in [4.78, 5) is 12.9. The van der Waals surface area contributed by atoms with Crippen LogP contribution in [0.25, 0.3) is 0 Å². The van der Waals surface area contributed by atoms with Gasteiger partial charge >= 0.3 is 0 Å². The summed E-state index contributed by atoms with van der Waals surface area (Å²) in [7, 11) is -3.77. The van der Waals surface area contributed by atoms with E-state index >= 15 is 0 Å². The molecular formula is C25H25ClN2O3S. The Hall–Kier alpha value is -2.67. The molecule has 0 unspecified atom stereocenters. The maximum absolute atomic E-state index is 13.3. The second-order valence-electron chi connectivity index (χ2n) is 8.23. The van der Waals surface area contributed by atoms with Crippen LogP contribution in [-0.4, -0.2) is 25.2 Å². The first kappa shape index (κ1) is 22.5. The molecule has 0 aliphatic carbocycles. The van der Waals surface area contributed by atoms with Gasteiger partial charge in [-0.2, -0.15) is 4.31 Å². The van der Waals surface area contributed by atoms with E-state index in [0.29, 0.717) is 31.1 Å². The number of rotatable bonds is 5. The fourth-order valence-corrected chi connectivity index (χ4v) is 5.46. The smallest absolute Gasteiger partial charge is 0.257 e. The van der Waals surface area contributed by atoms with Gasteiger partial charge < -0.3 is 5.32 Å². The molecule has 4 rings (SSSR count). The van der Waals surface area contributed by atoms with Crippen molar-refractivity contribution < 1.29 is 13.2 Å². The van der Waals surface area contributed by atoms with Crippen molar-refractivity contribution in [2.75, 3.05) is 11.9 Å².